The van der Waals surface area contributed by atoms with Crippen molar-refractivity contribution in [2.45, 2.75) is 63.5 Å². The predicted molar refractivity (Wildman–Crippen MR) is 130 cm³/mol. The summed E-state index contributed by atoms with van der Waals surface area (Å²) >= 11 is 0. The van der Waals surface area contributed by atoms with Crippen molar-refractivity contribution in [2.75, 3.05) is 19.6 Å². The first-order chi connectivity index (χ1) is 17.4. The lowest BCUT2D eigenvalue weighted by Crippen LogP contribution is -2.66. The molecule has 4 fully saturated rings. The lowest BCUT2D eigenvalue weighted by molar-refractivity contribution is -0.274. The minimum atomic E-state index is -4.70. The third kappa shape index (κ3) is 4.56. The van der Waals surface area contributed by atoms with E-state index in [4.69, 9.17) is 0 Å². The number of halogens is 3. The van der Waals surface area contributed by atoms with Gasteiger partial charge in [-0.3, -0.25) is 9.69 Å². The molecule has 4 aliphatic heterocycles. The Bertz CT molecular complexity index is 1140. The van der Waals surface area contributed by atoms with Crippen LogP contribution >= 0.6 is 0 Å². The number of carbonyl (C=O) groups is 1. The number of fused-ring (bicyclic) bond motifs is 2. The SMILES string of the molecule is O=C1/C(=C/c2cccn2Cc2ccc(OC(F)(F)F)cc2)CC[C@@H]2[C@H]3CCCN4CCC[C@H](CN12)[C@@H]34. The van der Waals surface area contributed by atoms with Gasteiger partial charge in [0.25, 0.3) is 0 Å². The molecule has 4 saturated heterocycles. The van der Waals surface area contributed by atoms with Crippen LogP contribution in [0.25, 0.3) is 6.08 Å². The van der Waals surface area contributed by atoms with Crippen molar-refractivity contribution in [3.05, 3.63) is 59.4 Å². The van der Waals surface area contributed by atoms with Crippen molar-refractivity contribution in [3.8, 4) is 5.75 Å². The molecule has 5 heterocycles. The van der Waals surface area contributed by atoms with Crippen molar-refractivity contribution in [2.24, 2.45) is 11.8 Å². The lowest BCUT2D eigenvalue weighted by atomic mass is 9.67. The minimum absolute atomic E-state index is 0.189. The molecule has 36 heavy (non-hydrogen) atoms. The summed E-state index contributed by atoms with van der Waals surface area (Å²) in [5.74, 6) is 1.16. The second-order valence-corrected chi connectivity index (χ2v) is 10.7. The normalized spacial score (nSPS) is 29.7. The topological polar surface area (TPSA) is 37.7 Å². The van der Waals surface area contributed by atoms with Crippen LogP contribution in [0.4, 0.5) is 13.2 Å². The van der Waals surface area contributed by atoms with Gasteiger partial charge in [-0.05, 0) is 99.4 Å². The number of alkyl halides is 3. The molecule has 192 valence electrons. The number of nitrogens with zero attached hydrogens (tertiary/aromatic N) is 3. The van der Waals surface area contributed by atoms with Crippen molar-refractivity contribution in [3.63, 3.8) is 0 Å². The minimum Gasteiger partial charge on any atom is -0.406 e. The molecule has 0 spiro atoms. The molecule has 4 atom stereocenters. The van der Waals surface area contributed by atoms with Gasteiger partial charge in [-0.2, -0.15) is 0 Å². The summed E-state index contributed by atoms with van der Waals surface area (Å²) in [6.45, 7) is 3.82. The maximum absolute atomic E-state index is 13.7. The van der Waals surface area contributed by atoms with Gasteiger partial charge < -0.3 is 14.2 Å². The highest BCUT2D eigenvalue weighted by Gasteiger charge is 2.51. The monoisotopic (exact) mass is 499 g/mol. The van der Waals surface area contributed by atoms with Crippen LogP contribution < -0.4 is 4.74 Å². The van der Waals surface area contributed by atoms with E-state index in [1.54, 1.807) is 12.1 Å². The molecule has 0 saturated carbocycles. The van der Waals surface area contributed by atoms with Gasteiger partial charge in [-0.15, -0.1) is 13.2 Å². The second-order valence-electron chi connectivity index (χ2n) is 10.7. The van der Waals surface area contributed by atoms with E-state index in [-0.39, 0.29) is 11.7 Å². The van der Waals surface area contributed by atoms with Crippen LogP contribution in [-0.4, -0.2) is 58.4 Å². The summed E-state index contributed by atoms with van der Waals surface area (Å²) in [4.78, 5) is 18.6. The molecule has 0 N–H and O–H groups in total. The van der Waals surface area contributed by atoms with E-state index < -0.39 is 6.36 Å². The number of benzene rings is 1. The van der Waals surface area contributed by atoms with Gasteiger partial charge in [0, 0.05) is 42.6 Å². The molecule has 2 aromatic rings. The predicted octanol–water partition coefficient (Wildman–Crippen LogP) is 5.31. The molecule has 5 nitrogen and oxygen atoms in total. The molecular weight excluding hydrogens is 467 g/mol. The fourth-order valence-corrected chi connectivity index (χ4v) is 7.20. The van der Waals surface area contributed by atoms with Crippen molar-refractivity contribution in [1.82, 2.24) is 14.4 Å². The van der Waals surface area contributed by atoms with E-state index >= 15 is 0 Å². The number of amides is 1. The lowest BCUT2D eigenvalue weighted by Gasteiger charge is -2.58. The van der Waals surface area contributed by atoms with Gasteiger partial charge in [0.2, 0.25) is 5.91 Å². The zero-order valence-electron chi connectivity index (χ0n) is 20.3. The van der Waals surface area contributed by atoms with Crippen LogP contribution in [0.15, 0.2) is 48.2 Å². The average Bonchev–Trinajstić information content (AvgIpc) is 3.28. The highest BCUT2D eigenvalue weighted by atomic mass is 19.4. The third-order valence-corrected chi connectivity index (χ3v) is 8.61. The highest BCUT2D eigenvalue weighted by Crippen LogP contribution is 2.45. The maximum Gasteiger partial charge on any atom is 0.573 e. The molecule has 0 radical (unpaired) electrons. The standard InChI is InChI=1S/C28H32F3N3O2/c29-28(30,31)36-23-10-7-19(8-11-23)17-33-15-2-5-22(33)16-20-9-12-25-24-6-3-14-32-13-1-4-21(26(24)32)18-34(25)27(20)35/h2,5,7-8,10-11,15-16,21,24-26H,1,3-4,6,9,12-14,17-18H2/b20-16+/t21-,24-,25-,26+/m1/s1. The van der Waals surface area contributed by atoms with Crippen molar-refractivity contribution < 1.29 is 22.7 Å². The van der Waals surface area contributed by atoms with E-state index in [0.717, 1.165) is 36.2 Å². The van der Waals surface area contributed by atoms with Crippen LogP contribution in [0.1, 0.15) is 49.8 Å². The van der Waals surface area contributed by atoms with E-state index in [9.17, 15) is 18.0 Å². The summed E-state index contributed by atoms with van der Waals surface area (Å²) < 4.78 is 43.3. The van der Waals surface area contributed by atoms with Crippen molar-refractivity contribution >= 4 is 12.0 Å². The number of carbonyl (C=O) groups excluding carboxylic acids is 1. The molecule has 1 amide bonds. The van der Waals surface area contributed by atoms with Gasteiger partial charge in [-0.25, -0.2) is 0 Å². The average molecular weight is 500 g/mol. The molecular formula is C28H32F3N3O2. The molecule has 0 unspecified atom stereocenters. The summed E-state index contributed by atoms with van der Waals surface area (Å²) in [5, 5.41) is 0. The van der Waals surface area contributed by atoms with Crippen LogP contribution in [0, 0.1) is 11.8 Å². The zero-order valence-corrected chi connectivity index (χ0v) is 20.3. The Kier molecular flexibility index (Phi) is 6.10. The van der Waals surface area contributed by atoms with Gasteiger partial charge >= 0.3 is 6.36 Å². The molecule has 1 aromatic heterocycles. The highest BCUT2D eigenvalue weighted by molar-refractivity contribution is 5.98. The van der Waals surface area contributed by atoms with Gasteiger partial charge in [0.1, 0.15) is 5.75 Å². The molecule has 0 bridgehead atoms. The molecule has 4 aliphatic rings. The fourth-order valence-electron chi connectivity index (χ4n) is 7.20. The van der Waals surface area contributed by atoms with E-state index in [2.05, 4.69) is 14.5 Å². The third-order valence-electron chi connectivity index (χ3n) is 8.61. The summed E-state index contributed by atoms with van der Waals surface area (Å²) in [6, 6.07) is 10.9. The quantitative estimate of drug-likeness (QED) is 0.535. The Balaban J connectivity index is 1.18. The maximum atomic E-state index is 13.7. The number of piperidine rings is 4. The first-order valence-electron chi connectivity index (χ1n) is 13.1. The largest absolute Gasteiger partial charge is 0.573 e. The van der Waals surface area contributed by atoms with Crippen LogP contribution in [-0.2, 0) is 11.3 Å². The van der Waals surface area contributed by atoms with E-state index in [0.29, 0.717) is 30.5 Å². The van der Waals surface area contributed by atoms with Crippen LogP contribution in [0.3, 0.4) is 0 Å². The Morgan fingerprint density at radius 3 is 2.58 bits per heavy atom. The number of hydrogen-bond acceptors (Lipinski definition) is 3. The Morgan fingerprint density at radius 2 is 1.81 bits per heavy atom. The van der Waals surface area contributed by atoms with Gasteiger partial charge in [-0.1, -0.05) is 12.1 Å². The number of hydrogen-bond donors (Lipinski definition) is 0. The number of ether oxygens (including phenoxy) is 1. The Morgan fingerprint density at radius 1 is 1.03 bits per heavy atom. The summed E-state index contributed by atoms with van der Waals surface area (Å²) in [7, 11) is 0. The number of rotatable bonds is 4. The Hall–Kier alpha value is -2.74. The number of aromatic nitrogens is 1. The smallest absolute Gasteiger partial charge is 0.406 e. The van der Waals surface area contributed by atoms with Crippen molar-refractivity contribution in [1.29, 1.82) is 0 Å². The van der Waals surface area contributed by atoms with Gasteiger partial charge in [0.05, 0.1) is 0 Å². The van der Waals surface area contributed by atoms with Crippen LogP contribution in [0.5, 0.6) is 5.75 Å². The van der Waals surface area contributed by atoms with E-state index in [1.807, 2.05) is 29.0 Å². The van der Waals surface area contributed by atoms with E-state index in [1.165, 1.54) is 50.9 Å². The van der Waals surface area contributed by atoms with Gasteiger partial charge in [0.15, 0.2) is 0 Å². The molecule has 8 heteroatoms. The Labute approximate surface area is 209 Å². The molecule has 0 aliphatic carbocycles. The summed E-state index contributed by atoms with van der Waals surface area (Å²) in [6.07, 6.45) is 6.01. The first kappa shape index (κ1) is 23.6. The van der Waals surface area contributed by atoms with Crippen LogP contribution in [0.2, 0.25) is 0 Å². The second kappa shape index (κ2) is 9.29. The first-order valence-corrected chi connectivity index (χ1v) is 13.1. The summed E-state index contributed by atoms with van der Waals surface area (Å²) in [5.41, 5.74) is 2.66. The molecule has 6 rings (SSSR count). The molecule has 1 aromatic carbocycles. The fraction of sp³-hybridized carbons (Fsp3) is 0.536. The zero-order chi connectivity index (χ0) is 24.9.